The summed E-state index contributed by atoms with van der Waals surface area (Å²) in [5.41, 5.74) is 7.27. The van der Waals surface area contributed by atoms with Crippen molar-refractivity contribution in [1.82, 2.24) is 4.98 Å². The summed E-state index contributed by atoms with van der Waals surface area (Å²) in [6.07, 6.45) is 0. The second kappa shape index (κ2) is 2.94. The molecule has 66 valence electrons. The molecule has 0 bridgehead atoms. The van der Waals surface area contributed by atoms with Crippen LogP contribution in [0.2, 0.25) is 5.15 Å². The molecule has 0 spiro atoms. The van der Waals surface area contributed by atoms with Crippen molar-refractivity contribution in [2.45, 2.75) is 26.2 Å². The largest absolute Gasteiger partial charge is 0.397 e. The fourth-order valence-corrected chi connectivity index (χ4v) is 1.19. The normalized spacial score (nSPS) is 11.7. The van der Waals surface area contributed by atoms with Gasteiger partial charge in [-0.3, -0.25) is 0 Å². The molecule has 0 radical (unpaired) electrons. The van der Waals surface area contributed by atoms with Crippen LogP contribution >= 0.6 is 11.6 Å². The standard InChI is InChI=1S/C9H13ClN2/c1-9(2,3)8-6(11)4-5-7(10)12-8/h4-5H,11H2,1-3H3. The van der Waals surface area contributed by atoms with Crippen molar-refractivity contribution in [2.24, 2.45) is 0 Å². The van der Waals surface area contributed by atoms with Crippen LogP contribution < -0.4 is 5.73 Å². The maximum absolute atomic E-state index is 5.76. The molecular weight excluding hydrogens is 172 g/mol. The Kier molecular flexibility index (Phi) is 2.29. The molecule has 0 atom stereocenters. The molecule has 0 aliphatic heterocycles. The highest BCUT2D eigenvalue weighted by atomic mass is 35.5. The van der Waals surface area contributed by atoms with Crippen molar-refractivity contribution in [3.63, 3.8) is 0 Å². The van der Waals surface area contributed by atoms with E-state index in [9.17, 15) is 0 Å². The van der Waals surface area contributed by atoms with Crippen LogP contribution in [0, 0.1) is 0 Å². The van der Waals surface area contributed by atoms with Crippen molar-refractivity contribution in [3.8, 4) is 0 Å². The van der Waals surface area contributed by atoms with Crippen LogP contribution in [-0.2, 0) is 5.41 Å². The van der Waals surface area contributed by atoms with Gasteiger partial charge in [-0.25, -0.2) is 4.98 Å². The number of nitrogen functional groups attached to an aromatic ring is 1. The highest BCUT2D eigenvalue weighted by molar-refractivity contribution is 6.29. The molecule has 0 amide bonds. The lowest BCUT2D eigenvalue weighted by Crippen LogP contribution is -2.16. The zero-order valence-corrected chi connectivity index (χ0v) is 8.31. The number of halogens is 1. The summed E-state index contributed by atoms with van der Waals surface area (Å²) in [5.74, 6) is 0. The highest BCUT2D eigenvalue weighted by Gasteiger charge is 2.18. The van der Waals surface area contributed by atoms with E-state index in [1.165, 1.54) is 0 Å². The lowest BCUT2D eigenvalue weighted by molar-refractivity contribution is 0.572. The second-order valence-corrected chi connectivity index (χ2v) is 4.21. The first-order chi connectivity index (χ1) is 5.41. The smallest absolute Gasteiger partial charge is 0.129 e. The van der Waals surface area contributed by atoms with E-state index in [0.29, 0.717) is 10.8 Å². The van der Waals surface area contributed by atoms with E-state index < -0.39 is 0 Å². The molecule has 1 aromatic heterocycles. The Bertz CT molecular complexity index is 289. The fraction of sp³-hybridized carbons (Fsp3) is 0.444. The molecule has 0 saturated carbocycles. The Morgan fingerprint density at radius 1 is 1.33 bits per heavy atom. The van der Waals surface area contributed by atoms with Gasteiger partial charge in [-0.05, 0) is 12.1 Å². The molecule has 2 nitrogen and oxygen atoms in total. The Labute approximate surface area is 77.8 Å². The van der Waals surface area contributed by atoms with E-state index in [-0.39, 0.29) is 5.41 Å². The van der Waals surface area contributed by atoms with Crippen LogP contribution in [-0.4, -0.2) is 4.98 Å². The number of aromatic nitrogens is 1. The first-order valence-corrected chi connectivity index (χ1v) is 4.21. The number of hydrogen-bond acceptors (Lipinski definition) is 2. The summed E-state index contributed by atoms with van der Waals surface area (Å²) in [5, 5.41) is 0.495. The maximum atomic E-state index is 5.76. The number of pyridine rings is 1. The van der Waals surface area contributed by atoms with Crippen molar-refractivity contribution in [2.75, 3.05) is 5.73 Å². The molecule has 0 saturated heterocycles. The van der Waals surface area contributed by atoms with Gasteiger partial charge in [0.2, 0.25) is 0 Å². The molecule has 0 fully saturated rings. The number of hydrogen-bond donors (Lipinski definition) is 1. The minimum atomic E-state index is -0.0466. The molecule has 1 rings (SSSR count). The number of anilines is 1. The van der Waals surface area contributed by atoms with E-state index in [1.54, 1.807) is 12.1 Å². The average molecular weight is 185 g/mol. The third kappa shape index (κ3) is 1.89. The van der Waals surface area contributed by atoms with Gasteiger partial charge in [-0.15, -0.1) is 0 Å². The summed E-state index contributed by atoms with van der Waals surface area (Å²) in [4.78, 5) is 4.18. The van der Waals surface area contributed by atoms with Gasteiger partial charge < -0.3 is 5.73 Å². The molecule has 3 heteroatoms. The van der Waals surface area contributed by atoms with Crippen LogP contribution in [0.25, 0.3) is 0 Å². The van der Waals surface area contributed by atoms with Gasteiger partial charge in [0.1, 0.15) is 5.15 Å². The Morgan fingerprint density at radius 3 is 2.33 bits per heavy atom. The number of rotatable bonds is 0. The second-order valence-electron chi connectivity index (χ2n) is 3.82. The van der Waals surface area contributed by atoms with Crippen LogP contribution in [0.5, 0.6) is 0 Å². The Balaban J connectivity index is 3.23. The van der Waals surface area contributed by atoms with Crippen molar-refractivity contribution < 1.29 is 0 Å². The predicted molar refractivity (Wildman–Crippen MR) is 52.4 cm³/mol. The lowest BCUT2D eigenvalue weighted by Gasteiger charge is -2.19. The summed E-state index contributed by atoms with van der Waals surface area (Å²) >= 11 is 5.76. The lowest BCUT2D eigenvalue weighted by atomic mass is 9.90. The minimum Gasteiger partial charge on any atom is -0.397 e. The third-order valence-electron chi connectivity index (χ3n) is 1.60. The number of nitrogens with two attached hydrogens (primary N) is 1. The Hall–Kier alpha value is -0.760. The molecule has 0 aromatic carbocycles. The van der Waals surface area contributed by atoms with Gasteiger partial charge in [-0.2, -0.15) is 0 Å². The van der Waals surface area contributed by atoms with E-state index in [0.717, 1.165) is 5.69 Å². The SMILES string of the molecule is CC(C)(C)c1nc(Cl)ccc1N. The highest BCUT2D eigenvalue weighted by Crippen LogP contribution is 2.26. The summed E-state index contributed by atoms with van der Waals surface area (Å²) in [6.45, 7) is 6.17. The van der Waals surface area contributed by atoms with E-state index in [4.69, 9.17) is 17.3 Å². The quantitative estimate of drug-likeness (QED) is 0.630. The summed E-state index contributed by atoms with van der Waals surface area (Å²) in [7, 11) is 0. The van der Waals surface area contributed by atoms with Gasteiger partial charge in [0, 0.05) is 5.41 Å². The Morgan fingerprint density at radius 2 is 1.92 bits per heavy atom. The molecule has 1 aromatic rings. The topological polar surface area (TPSA) is 38.9 Å². The maximum Gasteiger partial charge on any atom is 0.129 e. The molecule has 0 aliphatic rings. The number of nitrogens with zero attached hydrogens (tertiary/aromatic N) is 1. The molecule has 2 N–H and O–H groups in total. The zero-order valence-electron chi connectivity index (χ0n) is 7.56. The summed E-state index contributed by atoms with van der Waals surface area (Å²) < 4.78 is 0. The average Bonchev–Trinajstić information content (AvgIpc) is 1.92. The molecular formula is C9H13ClN2. The van der Waals surface area contributed by atoms with E-state index >= 15 is 0 Å². The molecule has 12 heavy (non-hydrogen) atoms. The first-order valence-electron chi connectivity index (χ1n) is 3.84. The minimum absolute atomic E-state index is 0.0466. The van der Waals surface area contributed by atoms with Gasteiger partial charge in [0.15, 0.2) is 0 Å². The predicted octanol–water partition coefficient (Wildman–Crippen LogP) is 2.61. The van der Waals surface area contributed by atoms with Crippen molar-refractivity contribution in [3.05, 3.63) is 23.0 Å². The monoisotopic (exact) mass is 184 g/mol. The summed E-state index contributed by atoms with van der Waals surface area (Å²) in [6, 6.07) is 3.49. The van der Waals surface area contributed by atoms with Crippen molar-refractivity contribution in [1.29, 1.82) is 0 Å². The molecule has 1 heterocycles. The van der Waals surface area contributed by atoms with Crippen LogP contribution in [0.15, 0.2) is 12.1 Å². The zero-order chi connectivity index (χ0) is 9.35. The van der Waals surface area contributed by atoms with Crippen molar-refractivity contribution >= 4 is 17.3 Å². The molecule has 0 aliphatic carbocycles. The van der Waals surface area contributed by atoms with Crippen LogP contribution in [0.1, 0.15) is 26.5 Å². The van der Waals surface area contributed by atoms with E-state index in [2.05, 4.69) is 25.8 Å². The van der Waals surface area contributed by atoms with E-state index in [1.807, 2.05) is 0 Å². The molecule has 0 unspecified atom stereocenters. The van der Waals surface area contributed by atoms with Gasteiger partial charge >= 0.3 is 0 Å². The van der Waals surface area contributed by atoms with Crippen LogP contribution in [0.3, 0.4) is 0 Å². The van der Waals surface area contributed by atoms with Crippen LogP contribution in [0.4, 0.5) is 5.69 Å². The van der Waals surface area contributed by atoms with Gasteiger partial charge in [0.05, 0.1) is 11.4 Å². The third-order valence-corrected chi connectivity index (χ3v) is 1.81. The van der Waals surface area contributed by atoms with Gasteiger partial charge in [0.25, 0.3) is 0 Å². The van der Waals surface area contributed by atoms with Gasteiger partial charge in [-0.1, -0.05) is 32.4 Å². The fourth-order valence-electron chi connectivity index (χ4n) is 1.05. The first kappa shape index (κ1) is 9.33.